The quantitative estimate of drug-likeness (QED) is 0.894. The van der Waals surface area contributed by atoms with Crippen LogP contribution in [0.3, 0.4) is 0 Å². The summed E-state index contributed by atoms with van der Waals surface area (Å²) in [5.74, 6) is -2.31. The Balaban J connectivity index is 2.01. The predicted octanol–water partition coefficient (Wildman–Crippen LogP) is 2.28. The molecule has 0 unspecified atom stereocenters. The van der Waals surface area contributed by atoms with Gasteiger partial charge in [0.2, 0.25) is 0 Å². The molecule has 1 fully saturated rings. The Morgan fingerprint density at radius 2 is 1.62 bits per heavy atom. The number of halogens is 2. The molecule has 3 amide bonds. The summed E-state index contributed by atoms with van der Waals surface area (Å²) in [5, 5.41) is 2.45. The molecule has 0 spiro atoms. The molecule has 0 radical (unpaired) electrons. The van der Waals surface area contributed by atoms with E-state index in [9.17, 15) is 18.4 Å². The van der Waals surface area contributed by atoms with Gasteiger partial charge in [0.25, 0.3) is 0 Å². The van der Waals surface area contributed by atoms with E-state index in [2.05, 4.69) is 14.8 Å². The maximum atomic E-state index is 13.7. The summed E-state index contributed by atoms with van der Waals surface area (Å²) in [4.78, 5) is 26.7. The molecule has 24 heavy (non-hydrogen) atoms. The summed E-state index contributed by atoms with van der Waals surface area (Å²) < 4.78 is 36.6. The van der Waals surface area contributed by atoms with Gasteiger partial charge in [-0.15, -0.1) is 0 Å². The average Bonchev–Trinajstić information content (AvgIpc) is 2.80. The summed E-state index contributed by atoms with van der Waals surface area (Å²) >= 11 is 0. The van der Waals surface area contributed by atoms with Crippen molar-refractivity contribution in [3.05, 3.63) is 23.8 Å². The van der Waals surface area contributed by atoms with Gasteiger partial charge in [-0.1, -0.05) is 0 Å². The van der Waals surface area contributed by atoms with Gasteiger partial charge < -0.3 is 24.6 Å². The van der Waals surface area contributed by atoms with Crippen LogP contribution in [0.15, 0.2) is 12.1 Å². The molecule has 132 valence electrons. The van der Waals surface area contributed by atoms with Crippen LogP contribution < -0.4 is 10.1 Å². The van der Waals surface area contributed by atoms with E-state index in [0.29, 0.717) is 32.6 Å². The van der Waals surface area contributed by atoms with Crippen LogP contribution in [0, 0.1) is 11.6 Å². The van der Waals surface area contributed by atoms with E-state index in [1.165, 1.54) is 16.9 Å². The Morgan fingerprint density at radius 3 is 2.21 bits per heavy atom. The van der Waals surface area contributed by atoms with Crippen LogP contribution >= 0.6 is 0 Å². The van der Waals surface area contributed by atoms with Crippen LogP contribution in [-0.4, -0.2) is 62.3 Å². The first-order valence-corrected chi connectivity index (χ1v) is 7.38. The van der Waals surface area contributed by atoms with Gasteiger partial charge in [0, 0.05) is 44.0 Å². The van der Waals surface area contributed by atoms with E-state index in [1.807, 2.05) is 0 Å². The van der Waals surface area contributed by atoms with Crippen LogP contribution in [0.4, 0.5) is 24.1 Å². The number of nitrogens with one attached hydrogen (secondary N) is 1. The first kappa shape index (κ1) is 17.8. The van der Waals surface area contributed by atoms with Crippen molar-refractivity contribution in [1.82, 2.24) is 9.80 Å². The Kier molecular flexibility index (Phi) is 5.78. The third kappa shape index (κ3) is 4.03. The van der Waals surface area contributed by atoms with Crippen LogP contribution in [0.5, 0.6) is 5.75 Å². The number of carbonyl (C=O) groups excluding carboxylic acids is 2. The highest BCUT2D eigenvalue weighted by atomic mass is 19.1. The Hall–Kier alpha value is -2.58. The molecule has 7 nitrogen and oxygen atoms in total. The standard InChI is InChI=1S/C15H19F2N3O4/c1-23-13-11(16)8-10(9-12(13)17)18-14(21)19-4-3-5-20(7-6-19)15(22)24-2/h8-9H,3-7H2,1-2H3,(H,18,21). The van der Waals surface area contributed by atoms with Gasteiger partial charge in [0.05, 0.1) is 14.2 Å². The minimum absolute atomic E-state index is 0.00938. The molecule has 1 N–H and O–H groups in total. The lowest BCUT2D eigenvalue weighted by atomic mass is 10.2. The number of nitrogens with zero attached hydrogens (tertiary/aromatic N) is 2. The number of hydrogen-bond acceptors (Lipinski definition) is 4. The monoisotopic (exact) mass is 343 g/mol. The number of amides is 3. The lowest BCUT2D eigenvalue weighted by molar-refractivity contribution is 0.125. The fraction of sp³-hybridized carbons (Fsp3) is 0.467. The number of hydrogen-bond donors (Lipinski definition) is 1. The Morgan fingerprint density at radius 1 is 1.04 bits per heavy atom. The minimum Gasteiger partial charge on any atom is -0.491 e. The van der Waals surface area contributed by atoms with Gasteiger partial charge in [-0.3, -0.25) is 0 Å². The Bertz CT molecular complexity index is 604. The first-order valence-electron chi connectivity index (χ1n) is 7.38. The van der Waals surface area contributed by atoms with E-state index >= 15 is 0 Å². The van der Waals surface area contributed by atoms with Gasteiger partial charge in [-0.05, 0) is 6.42 Å². The smallest absolute Gasteiger partial charge is 0.409 e. The van der Waals surface area contributed by atoms with E-state index in [4.69, 9.17) is 0 Å². The zero-order valence-corrected chi connectivity index (χ0v) is 13.5. The zero-order chi connectivity index (χ0) is 17.7. The molecule has 0 atom stereocenters. The predicted molar refractivity (Wildman–Crippen MR) is 82.1 cm³/mol. The summed E-state index contributed by atoms with van der Waals surface area (Å²) in [7, 11) is 2.45. The fourth-order valence-corrected chi connectivity index (χ4v) is 2.46. The molecule has 0 aliphatic carbocycles. The van der Waals surface area contributed by atoms with Crippen LogP contribution in [0.25, 0.3) is 0 Å². The van der Waals surface area contributed by atoms with Crippen LogP contribution in [-0.2, 0) is 4.74 Å². The number of rotatable bonds is 2. The fourth-order valence-electron chi connectivity index (χ4n) is 2.46. The van der Waals surface area contributed by atoms with Crippen molar-refractivity contribution >= 4 is 17.8 Å². The summed E-state index contributed by atoms with van der Waals surface area (Å²) in [6, 6.07) is 1.47. The van der Waals surface area contributed by atoms with Gasteiger partial charge in [0.15, 0.2) is 17.4 Å². The first-order chi connectivity index (χ1) is 11.5. The van der Waals surface area contributed by atoms with Gasteiger partial charge >= 0.3 is 12.1 Å². The highest BCUT2D eigenvalue weighted by molar-refractivity contribution is 5.89. The SMILES string of the molecule is COC(=O)N1CCCN(C(=O)Nc2cc(F)c(OC)c(F)c2)CC1. The van der Waals surface area contributed by atoms with Crippen molar-refractivity contribution in [1.29, 1.82) is 0 Å². The Labute approximate surface area is 138 Å². The van der Waals surface area contributed by atoms with E-state index in [-0.39, 0.29) is 5.69 Å². The largest absolute Gasteiger partial charge is 0.491 e. The van der Waals surface area contributed by atoms with Crippen molar-refractivity contribution < 1.29 is 27.8 Å². The van der Waals surface area contributed by atoms with Crippen molar-refractivity contribution in [3.63, 3.8) is 0 Å². The number of anilines is 1. The second kappa shape index (κ2) is 7.80. The second-order valence-electron chi connectivity index (χ2n) is 5.20. The third-order valence-electron chi connectivity index (χ3n) is 3.67. The lowest BCUT2D eigenvalue weighted by Gasteiger charge is -2.22. The minimum atomic E-state index is -0.902. The van der Waals surface area contributed by atoms with E-state index < -0.39 is 29.5 Å². The number of methoxy groups -OCH3 is 2. The molecule has 1 heterocycles. The number of urea groups is 1. The highest BCUT2D eigenvalue weighted by Crippen LogP contribution is 2.25. The lowest BCUT2D eigenvalue weighted by Crippen LogP contribution is -2.39. The topological polar surface area (TPSA) is 71.1 Å². The second-order valence-corrected chi connectivity index (χ2v) is 5.20. The van der Waals surface area contributed by atoms with E-state index in [0.717, 1.165) is 19.2 Å². The highest BCUT2D eigenvalue weighted by Gasteiger charge is 2.23. The molecular formula is C15H19F2N3O4. The van der Waals surface area contributed by atoms with Gasteiger partial charge in [0.1, 0.15) is 0 Å². The molecule has 1 aliphatic heterocycles. The molecule has 1 aromatic rings. The summed E-state index contributed by atoms with van der Waals surface area (Å²) in [5.41, 5.74) is -0.00938. The molecule has 1 aromatic carbocycles. The van der Waals surface area contributed by atoms with Crippen molar-refractivity contribution in [2.24, 2.45) is 0 Å². The molecule has 2 rings (SSSR count). The van der Waals surface area contributed by atoms with E-state index in [1.54, 1.807) is 0 Å². The molecular weight excluding hydrogens is 324 g/mol. The average molecular weight is 343 g/mol. The third-order valence-corrected chi connectivity index (χ3v) is 3.67. The van der Waals surface area contributed by atoms with Crippen molar-refractivity contribution in [2.45, 2.75) is 6.42 Å². The maximum absolute atomic E-state index is 13.7. The summed E-state index contributed by atoms with van der Waals surface area (Å²) in [6.45, 7) is 1.51. The van der Waals surface area contributed by atoms with Crippen LogP contribution in [0.1, 0.15) is 6.42 Å². The molecule has 0 saturated carbocycles. The molecule has 9 heteroatoms. The summed E-state index contributed by atoms with van der Waals surface area (Å²) in [6.07, 6.45) is 0.130. The number of ether oxygens (including phenoxy) is 2. The van der Waals surface area contributed by atoms with Gasteiger partial charge in [-0.25, -0.2) is 18.4 Å². The normalized spacial score (nSPS) is 14.8. The zero-order valence-electron chi connectivity index (χ0n) is 13.5. The van der Waals surface area contributed by atoms with Crippen LogP contribution in [0.2, 0.25) is 0 Å². The van der Waals surface area contributed by atoms with Crippen molar-refractivity contribution in [3.8, 4) is 5.75 Å². The molecule has 1 saturated heterocycles. The molecule has 1 aliphatic rings. The molecule has 0 bridgehead atoms. The maximum Gasteiger partial charge on any atom is 0.409 e. The van der Waals surface area contributed by atoms with Crippen molar-refractivity contribution in [2.75, 3.05) is 45.7 Å². The number of carbonyl (C=O) groups is 2. The molecule has 0 aromatic heterocycles. The number of benzene rings is 1. The van der Waals surface area contributed by atoms with Gasteiger partial charge in [-0.2, -0.15) is 0 Å².